The number of nitrogens with two attached hydrogens (primary N) is 1. The number of rotatable bonds is 2. The zero-order valence-corrected chi connectivity index (χ0v) is 8.84. The summed E-state index contributed by atoms with van der Waals surface area (Å²) in [6, 6.07) is 10.4. The summed E-state index contributed by atoms with van der Waals surface area (Å²) in [5.74, 6) is 0. The van der Waals surface area contributed by atoms with Gasteiger partial charge in [0.25, 0.3) is 0 Å². The first-order valence-electron chi connectivity index (χ1n) is 4.52. The molecule has 0 spiro atoms. The summed E-state index contributed by atoms with van der Waals surface area (Å²) in [4.78, 5) is 1.13. The van der Waals surface area contributed by atoms with Crippen LogP contribution in [0.15, 0.2) is 30.3 Å². The second kappa shape index (κ2) is 3.90. The van der Waals surface area contributed by atoms with Crippen LogP contribution in [0.25, 0.3) is 11.3 Å². The van der Waals surface area contributed by atoms with E-state index in [0.29, 0.717) is 6.54 Å². The van der Waals surface area contributed by atoms with Crippen LogP contribution in [-0.2, 0) is 6.54 Å². The van der Waals surface area contributed by atoms with Crippen molar-refractivity contribution in [2.45, 2.75) is 13.5 Å². The predicted octanol–water partition coefficient (Wildman–Crippen LogP) is 2.58. The Morgan fingerprint density at radius 2 is 2.00 bits per heavy atom. The summed E-state index contributed by atoms with van der Waals surface area (Å²) in [5.41, 5.74) is 8.98. The number of benzene rings is 1. The minimum Gasteiger partial charge on any atom is -0.326 e. The first-order chi connectivity index (χ1) is 6.79. The third-order valence-electron chi connectivity index (χ3n) is 2.11. The van der Waals surface area contributed by atoms with E-state index in [9.17, 15) is 0 Å². The molecule has 1 aromatic carbocycles. The van der Waals surface area contributed by atoms with Gasteiger partial charge in [-0.25, -0.2) is 0 Å². The lowest BCUT2D eigenvalue weighted by Gasteiger charge is -1.96. The molecule has 0 bridgehead atoms. The van der Waals surface area contributed by atoms with Crippen molar-refractivity contribution in [1.82, 2.24) is 4.37 Å². The highest BCUT2D eigenvalue weighted by Crippen LogP contribution is 2.21. The minimum atomic E-state index is 0.573. The standard InChI is InChI=1S/C11H12N2S/c1-8-2-4-9(5-3-8)11-6-10(7-12)14-13-11/h2-6H,7,12H2,1H3. The molecule has 0 amide bonds. The number of nitrogens with zero attached hydrogens (tertiary/aromatic N) is 1. The molecule has 72 valence electrons. The van der Waals surface area contributed by atoms with Gasteiger partial charge in [-0.15, -0.1) is 0 Å². The van der Waals surface area contributed by atoms with Gasteiger partial charge in [-0.2, -0.15) is 4.37 Å². The van der Waals surface area contributed by atoms with E-state index >= 15 is 0 Å². The summed E-state index contributed by atoms with van der Waals surface area (Å²) in [5, 5.41) is 0. The van der Waals surface area contributed by atoms with E-state index in [1.807, 2.05) is 0 Å². The third kappa shape index (κ3) is 1.84. The van der Waals surface area contributed by atoms with Crippen LogP contribution in [0, 0.1) is 6.92 Å². The highest BCUT2D eigenvalue weighted by Gasteiger charge is 2.02. The first-order valence-corrected chi connectivity index (χ1v) is 5.29. The minimum absolute atomic E-state index is 0.573. The van der Waals surface area contributed by atoms with Crippen LogP contribution >= 0.6 is 11.5 Å². The zero-order chi connectivity index (χ0) is 9.97. The molecule has 0 aliphatic rings. The maximum atomic E-state index is 5.54. The lowest BCUT2D eigenvalue weighted by atomic mass is 10.1. The Kier molecular flexibility index (Phi) is 2.61. The Morgan fingerprint density at radius 1 is 1.29 bits per heavy atom. The summed E-state index contributed by atoms with van der Waals surface area (Å²) in [6.07, 6.45) is 0. The van der Waals surface area contributed by atoms with Crippen molar-refractivity contribution in [2.24, 2.45) is 5.73 Å². The van der Waals surface area contributed by atoms with E-state index < -0.39 is 0 Å². The summed E-state index contributed by atoms with van der Waals surface area (Å²) >= 11 is 1.47. The number of hydrogen-bond donors (Lipinski definition) is 1. The SMILES string of the molecule is Cc1ccc(-c2cc(CN)sn2)cc1. The fraction of sp³-hybridized carbons (Fsp3) is 0.182. The molecule has 1 heterocycles. The van der Waals surface area contributed by atoms with Crippen LogP contribution in [0.2, 0.25) is 0 Å². The average molecular weight is 204 g/mol. The number of aromatic nitrogens is 1. The van der Waals surface area contributed by atoms with E-state index in [1.54, 1.807) is 0 Å². The highest BCUT2D eigenvalue weighted by molar-refractivity contribution is 7.06. The maximum absolute atomic E-state index is 5.54. The predicted molar refractivity (Wildman–Crippen MR) is 60.2 cm³/mol. The van der Waals surface area contributed by atoms with Gasteiger partial charge in [0.15, 0.2) is 0 Å². The van der Waals surface area contributed by atoms with Gasteiger partial charge in [-0.1, -0.05) is 29.8 Å². The van der Waals surface area contributed by atoms with Gasteiger partial charge in [0.1, 0.15) is 0 Å². The molecule has 0 aliphatic carbocycles. The van der Waals surface area contributed by atoms with Crippen molar-refractivity contribution in [3.63, 3.8) is 0 Å². The average Bonchev–Trinajstić information content (AvgIpc) is 2.67. The van der Waals surface area contributed by atoms with Crippen molar-refractivity contribution < 1.29 is 0 Å². The third-order valence-corrected chi connectivity index (χ3v) is 2.91. The van der Waals surface area contributed by atoms with E-state index in [1.165, 1.54) is 17.1 Å². The maximum Gasteiger partial charge on any atom is 0.0844 e. The van der Waals surface area contributed by atoms with Crippen LogP contribution in [0.3, 0.4) is 0 Å². The second-order valence-electron chi connectivity index (χ2n) is 3.25. The molecule has 0 radical (unpaired) electrons. The molecular formula is C11H12N2S. The van der Waals surface area contributed by atoms with Gasteiger partial charge in [-0.3, -0.25) is 0 Å². The Hall–Kier alpha value is -1.19. The van der Waals surface area contributed by atoms with Crippen LogP contribution < -0.4 is 5.73 Å². The normalized spacial score (nSPS) is 10.4. The Balaban J connectivity index is 2.34. The van der Waals surface area contributed by atoms with E-state index in [4.69, 9.17) is 5.73 Å². The first kappa shape index (κ1) is 9.37. The van der Waals surface area contributed by atoms with E-state index in [2.05, 4.69) is 41.6 Å². The molecular weight excluding hydrogens is 192 g/mol. The smallest absolute Gasteiger partial charge is 0.0844 e. The largest absolute Gasteiger partial charge is 0.326 e. The fourth-order valence-corrected chi connectivity index (χ4v) is 1.88. The molecule has 2 aromatic rings. The van der Waals surface area contributed by atoms with Crippen molar-refractivity contribution in [1.29, 1.82) is 0 Å². The van der Waals surface area contributed by atoms with E-state index in [0.717, 1.165) is 16.1 Å². The monoisotopic (exact) mass is 204 g/mol. The van der Waals surface area contributed by atoms with Crippen LogP contribution in [0.4, 0.5) is 0 Å². The van der Waals surface area contributed by atoms with Crippen LogP contribution in [0.1, 0.15) is 10.4 Å². The van der Waals surface area contributed by atoms with Crippen LogP contribution in [-0.4, -0.2) is 4.37 Å². The summed E-state index contributed by atoms with van der Waals surface area (Å²) < 4.78 is 4.35. The van der Waals surface area contributed by atoms with Gasteiger partial charge in [0.05, 0.1) is 5.69 Å². The topological polar surface area (TPSA) is 38.9 Å². The Bertz CT molecular complexity index is 417. The fourth-order valence-electron chi connectivity index (χ4n) is 1.27. The molecule has 0 fully saturated rings. The molecule has 0 atom stereocenters. The molecule has 2 nitrogen and oxygen atoms in total. The van der Waals surface area contributed by atoms with Crippen molar-refractivity contribution in [3.05, 3.63) is 40.8 Å². The van der Waals surface area contributed by atoms with Crippen molar-refractivity contribution in [2.75, 3.05) is 0 Å². The molecule has 0 saturated carbocycles. The van der Waals surface area contributed by atoms with Gasteiger partial charge < -0.3 is 5.73 Å². The lowest BCUT2D eigenvalue weighted by molar-refractivity contribution is 1.11. The molecule has 14 heavy (non-hydrogen) atoms. The Labute approximate surface area is 87.6 Å². The number of hydrogen-bond acceptors (Lipinski definition) is 3. The molecule has 0 saturated heterocycles. The molecule has 1 aromatic heterocycles. The molecule has 3 heteroatoms. The molecule has 0 aliphatic heterocycles. The van der Waals surface area contributed by atoms with E-state index in [-0.39, 0.29) is 0 Å². The molecule has 2 rings (SSSR count). The van der Waals surface area contributed by atoms with Crippen molar-refractivity contribution in [3.8, 4) is 11.3 Å². The van der Waals surface area contributed by atoms with Gasteiger partial charge in [-0.05, 0) is 24.5 Å². The molecule has 0 unspecified atom stereocenters. The van der Waals surface area contributed by atoms with Crippen molar-refractivity contribution >= 4 is 11.5 Å². The van der Waals surface area contributed by atoms with Gasteiger partial charge in [0.2, 0.25) is 0 Å². The Morgan fingerprint density at radius 3 is 2.57 bits per heavy atom. The highest BCUT2D eigenvalue weighted by atomic mass is 32.1. The van der Waals surface area contributed by atoms with Crippen LogP contribution in [0.5, 0.6) is 0 Å². The quantitative estimate of drug-likeness (QED) is 0.816. The van der Waals surface area contributed by atoms with Gasteiger partial charge in [0, 0.05) is 17.0 Å². The summed E-state index contributed by atoms with van der Waals surface area (Å²) in [6.45, 7) is 2.65. The summed E-state index contributed by atoms with van der Waals surface area (Å²) in [7, 11) is 0. The van der Waals surface area contributed by atoms with Gasteiger partial charge >= 0.3 is 0 Å². The second-order valence-corrected chi connectivity index (χ2v) is 4.14. The lowest BCUT2D eigenvalue weighted by Crippen LogP contribution is -1.91. The number of aryl methyl sites for hydroxylation is 1. The molecule has 2 N–H and O–H groups in total. The zero-order valence-electron chi connectivity index (χ0n) is 8.03.